The maximum Gasteiger partial charge on any atom is 0.273 e. The predicted octanol–water partition coefficient (Wildman–Crippen LogP) is 2.19. The predicted molar refractivity (Wildman–Crippen MR) is 73.5 cm³/mol. The van der Waals surface area contributed by atoms with Crippen molar-refractivity contribution in [1.29, 1.82) is 5.26 Å². The summed E-state index contributed by atoms with van der Waals surface area (Å²) in [5.41, 5.74) is 0.283. The number of hydrogen-bond acceptors (Lipinski definition) is 5. The van der Waals surface area contributed by atoms with Gasteiger partial charge in [0.25, 0.3) is 5.69 Å². The Hall–Kier alpha value is -2.13. The first-order valence-corrected chi connectivity index (χ1v) is 6.60. The Kier molecular flexibility index (Phi) is 4.53. The Morgan fingerprint density at radius 1 is 1.50 bits per heavy atom. The molecule has 1 aliphatic rings. The Balaban J connectivity index is 2.02. The summed E-state index contributed by atoms with van der Waals surface area (Å²) < 4.78 is 5.65. The number of nitro groups is 1. The fourth-order valence-electron chi connectivity index (χ4n) is 2.27. The van der Waals surface area contributed by atoms with Crippen molar-refractivity contribution in [3.63, 3.8) is 0 Å². The minimum Gasteiger partial charge on any atom is -0.492 e. The van der Waals surface area contributed by atoms with Gasteiger partial charge < -0.3 is 9.64 Å². The SMILES string of the molecule is CN1CCC(COc2cc([N+](=O)[O-])ccc2C#N)CC1. The molecule has 6 heteroatoms. The smallest absolute Gasteiger partial charge is 0.273 e. The standard InChI is InChI=1S/C14H17N3O3/c1-16-6-4-11(5-7-16)10-20-14-8-13(17(18)19)3-2-12(14)9-15/h2-3,8,11H,4-7,10H2,1H3. The quantitative estimate of drug-likeness (QED) is 0.621. The molecule has 0 unspecified atom stereocenters. The van der Waals surface area contributed by atoms with E-state index in [1.54, 1.807) is 0 Å². The lowest BCUT2D eigenvalue weighted by molar-refractivity contribution is -0.384. The molecule has 6 nitrogen and oxygen atoms in total. The van der Waals surface area contributed by atoms with Gasteiger partial charge in [-0.3, -0.25) is 10.1 Å². The molecular formula is C14H17N3O3. The molecule has 1 aromatic carbocycles. The van der Waals surface area contributed by atoms with Crippen LogP contribution >= 0.6 is 0 Å². The number of nitriles is 1. The van der Waals surface area contributed by atoms with Gasteiger partial charge in [0.05, 0.1) is 23.2 Å². The van der Waals surface area contributed by atoms with Crippen molar-refractivity contribution >= 4 is 5.69 Å². The molecule has 0 N–H and O–H groups in total. The van der Waals surface area contributed by atoms with Gasteiger partial charge in [0.2, 0.25) is 0 Å². The third-order valence-corrected chi connectivity index (χ3v) is 3.61. The lowest BCUT2D eigenvalue weighted by Gasteiger charge is -2.28. The highest BCUT2D eigenvalue weighted by molar-refractivity contribution is 5.50. The van der Waals surface area contributed by atoms with Crippen molar-refractivity contribution in [3.05, 3.63) is 33.9 Å². The normalized spacial score (nSPS) is 16.6. The zero-order valence-electron chi connectivity index (χ0n) is 11.4. The van der Waals surface area contributed by atoms with E-state index in [1.807, 2.05) is 6.07 Å². The minimum absolute atomic E-state index is 0.0534. The fourth-order valence-corrected chi connectivity index (χ4v) is 2.27. The van der Waals surface area contributed by atoms with Gasteiger partial charge in [-0.15, -0.1) is 0 Å². The second kappa shape index (κ2) is 6.35. The maximum atomic E-state index is 10.8. The average molecular weight is 275 g/mol. The third kappa shape index (κ3) is 3.45. The first kappa shape index (κ1) is 14.3. The number of nitrogens with zero attached hydrogens (tertiary/aromatic N) is 3. The van der Waals surface area contributed by atoms with Crippen LogP contribution in [0.15, 0.2) is 18.2 Å². The average Bonchev–Trinajstić information content (AvgIpc) is 2.46. The van der Waals surface area contributed by atoms with E-state index < -0.39 is 4.92 Å². The Bertz CT molecular complexity index is 531. The molecule has 0 saturated carbocycles. The van der Waals surface area contributed by atoms with E-state index in [-0.39, 0.29) is 5.69 Å². The lowest BCUT2D eigenvalue weighted by Crippen LogP contribution is -2.32. The molecule has 0 atom stereocenters. The van der Waals surface area contributed by atoms with Gasteiger partial charge in [0.1, 0.15) is 11.8 Å². The van der Waals surface area contributed by atoms with Crippen molar-refractivity contribution in [3.8, 4) is 11.8 Å². The van der Waals surface area contributed by atoms with Crippen molar-refractivity contribution in [2.45, 2.75) is 12.8 Å². The minimum atomic E-state index is -0.483. The van der Waals surface area contributed by atoms with Gasteiger partial charge in [0.15, 0.2) is 0 Å². The molecule has 1 aromatic rings. The Labute approximate surface area is 117 Å². The molecule has 0 radical (unpaired) electrons. The van der Waals surface area contributed by atoms with Crippen molar-refractivity contribution in [2.24, 2.45) is 5.92 Å². The monoisotopic (exact) mass is 275 g/mol. The van der Waals surface area contributed by atoms with Gasteiger partial charge in [-0.05, 0) is 45.0 Å². The van der Waals surface area contributed by atoms with E-state index >= 15 is 0 Å². The summed E-state index contributed by atoms with van der Waals surface area (Å²) in [6.07, 6.45) is 2.10. The number of likely N-dealkylation sites (tertiary alicyclic amines) is 1. The second-order valence-electron chi connectivity index (χ2n) is 5.11. The zero-order chi connectivity index (χ0) is 14.5. The molecule has 1 heterocycles. The number of benzene rings is 1. The van der Waals surface area contributed by atoms with Gasteiger partial charge in [-0.2, -0.15) is 5.26 Å². The van der Waals surface area contributed by atoms with Gasteiger partial charge in [0, 0.05) is 6.07 Å². The van der Waals surface area contributed by atoms with E-state index in [1.165, 1.54) is 18.2 Å². The molecule has 0 aliphatic carbocycles. The molecule has 106 valence electrons. The van der Waals surface area contributed by atoms with Gasteiger partial charge in [-0.25, -0.2) is 0 Å². The summed E-state index contributed by atoms with van der Waals surface area (Å²) >= 11 is 0. The van der Waals surface area contributed by atoms with Crippen molar-refractivity contribution < 1.29 is 9.66 Å². The summed E-state index contributed by atoms with van der Waals surface area (Å²) in [4.78, 5) is 12.5. The molecular weight excluding hydrogens is 258 g/mol. The number of rotatable bonds is 4. The highest BCUT2D eigenvalue weighted by atomic mass is 16.6. The van der Waals surface area contributed by atoms with Crippen LogP contribution in [-0.2, 0) is 0 Å². The highest BCUT2D eigenvalue weighted by Crippen LogP contribution is 2.26. The van der Waals surface area contributed by atoms with Crippen LogP contribution in [0.25, 0.3) is 0 Å². The molecule has 1 fully saturated rings. The largest absolute Gasteiger partial charge is 0.492 e. The topological polar surface area (TPSA) is 79.4 Å². The summed E-state index contributed by atoms with van der Waals surface area (Å²) in [7, 11) is 2.09. The van der Waals surface area contributed by atoms with Crippen LogP contribution in [0.1, 0.15) is 18.4 Å². The lowest BCUT2D eigenvalue weighted by atomic mass is 9.98. The van der Waals surface area contributed by atoms with Crippen molar-refractivity contribution in [1.82, 2.24) is 4.90 Å². The Morgan fingerprint density at radius 2 is 2.20 bits per heavy atom. The first-order chi connectivity index (χ1) is 9.60. The molecule has 0 aromatic heterocycles. The fraction of sp³-hybridized carbons (Fsp3) is 0.500. The van der Waals surface area contributed by atoms with Crippen LogP contribution in [0, 0.1) is 27.4 Å². The van der Waals surface area contributed by atoms with Gasteiger partial charge >= 0.3 is 0 Å². The van der Waals surface area contributed by atoms with Crippen LogP contribution in [0.4, 0.5) is 5.69 Å². The van der Waals surface area contributed by atoms with Crippen LogP contribution in [0.2, 0.25) is 0 Å². The van der Waals surface area contributed by atoms with E-state index in [2.05, 4.69) is 11.9 Å². The third-order valence-electron chi connectivity index (χ3n) is 3.61. The van der Waals surface area contributed by atoms with Crippen LogP contribution in [0.3, 0.4) is 0 Å². The number of non-ortho nitro benzene ring substituents is 1. The molecule has 0 amide bonds. The number of hydrogen-bond donors (Lipinski definition) is 0. The summed E-state index contributed by atoms with van der Waals surface area (Å²) in [5.74, 6) is 0.748. The zero-order valence-corrected chi connectivity index (χ0v) is 11.4. The van der Waals surface area contributed by atoms with E-state index in [9.17, 15) is 10.1 Å². The molecule has 20 heavy (non-hydrogen) atoms. The maximum absolute atomic E-state index is 10.8. The van der Waals surface area contributed by atoms with Gasteiger partial charge in [-0.1, -0.05) is 0 Å². The summed E-state index contributed by atoms with van der Waals surface area (Å²) in [6.45, 7) is 2.58. The highest BCUT2D eigenvalue weighted by Gasteiger charge is 2.18. The molecule has 1 saturated heterocycles. The molecule has 0 spiro atoms. The van der Waals surface area contributed by atoms with Crippen LogP contribution in [-0.4, -0.2) is 36.6 Å². The second-order valence-corrected chi connectivity index (χ2v) is 5.11. The van der Waals surface area contributed by atoms with Crippen molar-refractivity contribution in [2.75, 3.05) is 26.7 Å². The molecule has 0 bridgehead atoms. The molecule has 1 aliphatic heterocycles. The van der Waals surface area contributed by atoms with Crippen LogP contribution < -0.4 is 4.74 Å². The number of piperidine rings is 1. The first-order valence-electron chi connectivity index (χ1n) is 6.60. The van der Waals surface area contributed by atoms with E-state index in [0.29, 0.717) is 23.8 Å². The Morgan fingerprint density at radius 3 is 2.80 bits per heavy atom. The number of ether oxygens (including phenoxy) is 1. The van der Waals surface area contributed by atoms with Crippen LogP contribution in [0.5, 0.6) is 5.75 Å². The summed E-state index contributed by atoms with van der Waals surface area (Å²) in [5, 5.41) is 19.8. The van der Waals surface area contributed by atoms with E-state index in [4.69, 9.17) is 10.00 Å². The number of nitro benzene ring substituents is 1. The summed E-state index contributed by atoms with van der Waals surface area (Å²) in [6, 6.07) is 6.08. The molecule has 2 rings (SSSR count). The van der Waals surface area contributed by atoms with E-state index in [0.717, 1.165) is 25.9 Å².